The van der Waals surface area contributed by atoms with Gasteiger partial charge in [-0.3, -0.25) is 14.4 Å². The minimum Gasteiger partial charge on any atom is -0.462 e. The first-order valence-electron chi connectivity index (χ1n) is 25.3. The fourth-order valence-corrected chi connectivity index (χ4v) is 6.89. The van der Waals surface area contributed by atoms with Gasteiger partial charge in [-0.05, 0) is 89.9 Å². The second-order valence-corrected chi connectivity index (χ2v) is 16.7. The number of hydrogen-bond donors (Lipinski definition) is 0. The van der Waals surface area contributed by atoms with E-state index < -0.39 is 6.10 Å². The molecule has 6 nitrogen and oxygen atoms in total. The summed E-state index contributed by atoms with van der Waals surface area (Å²) in [6, 6.07) is 0. The highest BCUT2D eigenvalue weighted by molar-refractivity contribution is 5.71. The molecule has 1 atom stereocenters. The summed E-state index contributed by atoms with van der Waals surface area (Å²) in [5, 5.41) is 0. The molecule has 60 heavy (non-hydrogen) atoms. The smallest absolute Gasteiger partial charge is 0.306 e. The predicted molar refractivity (Wildman–Crippen MR) is 256 cm³/mol. The van der Waals surface area contributed by atoms with Crippen LogP contribution in [0.5, 0.6) is 0 Å². The summed E-state index contributed by atoms with van der Waals surface area (Å²) in [5.41, 5.74) is 0. The summed E-state index contributed by atoms with van der Waals surface area (Å²) in [7, 11) is 0. The zero-order valence-electron chi connectivity index (χ0n) is 39.5. The van der Waals surface area contributed by atoms with Crippen molar-refractivity contribution in [3.05, 3.63) is 60.8 Å². The standard InChI is InChI=1S/C54H94O6/c1-4-7-10-13-15-17-19-21-23-25-27-29-30-32-34-36-38-41-44-47-53(56)59-50-51(49-58-52(55)46-43-40-12-9-6-3)60-54(57)48-45-42-39-37-35-33-31-28-26-24-22-20-18-16-14-11-8-5-2/h15,17-18,20-21,23-24,26-27,29,51H,4-14,16,19,22,25,28,30-50H2,1-3H3/b17-15-,20-18-,23-21-,26-24-,29-27-. The van der Waals surface area contributed by atoms with E-state index in [0.717, 1.165) is 96.3 Å². The number of carbonyl (C=O) groups excluding carboxylic acids is 3. The summed E-state index contributed by atoms with van der Waals surface area (Å²) < 4.78 is 16.6. The Bertz CT molecular complexity index is 1100. The minimum absolute atomic E-state index is 0.0828. The molecule has 0 aliphatic carbocycles. The Kier molecular flexibility index (Phi) is 46.4. The molecule has 0 spiro atoms. The Hall–Kier alpha value is -2.89. The quantitative estimate of drug-likeness (QED) is 0.0263. The van der Waals surface area contributed by atoms with Crippen LogP contribution in [0.25, 0.3) is 0 Å². The van der Waals surface area contributed by atoms with Gasteiger partial charge in [-0.1, -0.05) is 197 Å². The molecule has 0 aliphatic heterocycles. The fraction of sp³-hybridized carbons (Fsp3) is 0.759. The van der Waals surface area contributed by atoms with Gasteiger partial charge in [-0.2, -0.15) is 0 Å². The Morgan fingerprint density at radius 1 is 0.333 bits per heavy atom. The lowest BCUT2D eigenvalue weighted by Crippen LogP contribution is -2.30. The molecule has 0 rings (SSSR count). The predicted octanol–water partition coefficient (Wildman–Crippen LogP) is 16.5. The van der Waals surface area contributed by atoms with Crippen molar-refractivity contribution in [3.63, 3.8) is 0 Å². The maximum atomic E-state index is 12.7. The number of allylic oxidation sites excluding steroid dienone is 10. The zero-order valence-corrected chi connectivity index (χ0v) is 39.5. The largest absolute Gasteiger partial charge is 0.462 e. The topological polar surface area (TPSA) is 78.9 Å². The van der Waals surface area contributed by atoms with Gasteiger partial charge >= 0.3 is 17.9 Å². The van der Waals surface area contributed by atoms with Gasteiger partial charge in [0.2, 0.25) is 0 Å². The molecule has 0 radical (unpaired) electrons. The highest BCUT2D eigenvalue weighted by Crippen LogP contribution is 2.14. The van der Waals surface area contributed by atoms with E-state index in [9.17, 15) is 14.4 Å². The molecule has 0 aromatic heterocycles. The van der Waals surface area contributed by atoms with Crippen LogP contribution < -0.4 is 0 Å². The average Bonchev–Trinajstić information content (AvgIpc) is 3.24. The molecular formula is C54H94O6. The Balaban J connectivity index is 4.22. The second kappa shape index (κ2) is 48.8. The van der Waals surface area contributed by atoms with Gasteiger partial charge < -0.3 is 14.2 Å². The van der Waals surface area contributed by atoms with Crippen molar-refractivity contribution < 1.29 is 28.6 Å². The van der Waals surface area contributed by atoms with Crippen LogP contribution in [-0.4, -0.2) is 37.2 Å². The van der Waals surface area contributed by atoms with Crippen molar-refractivity contribution in [1.29, 1.82) is 0 Å². The van der Waals surface area contributed by atoms with Crippen molar-refractivity contribution in [1.82, 2.24) is 0 Å². The maximum Gasteiger partial charge on any atom is 0.306 e. The summed E-state index contributed by atoms with van der Waals surface area (Å²) >= 11 is 0. The molecule has 0 aliphatic rings. The molecule has 1 unspecified atom stereocenters. The molecule has 0 bridgehead atoms. The van der Waals surface area contributed by atoms with Crippen LogP contribution in [0.3, 0.4) is 0 Å². The average molecular weight is 839 g/mol. The van der Waals surface area contributed by atoms with Crippen LogP contribution in [0.4, 0.5) is 0 Å². The summed E-state index contributed by atoms with van der Waals surface area (Å²) in [4.78, 5) is 37.6. The molecule has 0 amide bonds. The molecule has 0 aromatic carbocycles. The van der Waals surface area contributed by atoms with E-state index in [1.54, 1.807) is 0 Å². The van der Waals surface area contributed by atoms with Gasteiger partial charge in [0.05, 0.1) is 0 Å². The van der Waals surface area contributed by atoms with Gasteiger partial charge in [0.25, 0.3) is 0 Å². The second-order valence-electron chi connectivity index (χ2n) is 16.7. The van der Waals surface area contributed by atoms with Crippen LogP contribution in [0.1, 0.15) is 245 Å². The van der Waals surface area contributed by atoms with Crippen LogP contribution in [0.15, 0.2) is 60.8 Å². The molecule has 6 heteroatoms. The molecule has 0 N–H and O–H groups in total. The summed E-state index contributed by atoms with van der Waals surface area (Å²) in [5.74, 6) is -0.915. The molecule has 0 aromatic rings. The Morgan fingerprint density at radius 2 is 0.600 bits per heavy atom. The van der Waals surface area contributed by atoms with Gasteiger partial charge in [0, 0.05) is 19.3 Å². The van der Waals surface area contributed by atoms with E-state index in [1.807, 2.05) is 0 Å². The third-order valence-corrected chi connectivity index (χ3v) is 10.7. The Labute approximate surface area is 370 Å². The van der Waals surface area contributed by atoms with E-state index >= 15 is 0 Å². The Morgan fingerprint density at radius 3 is 0.983 bits per heavy atom. The van der Waals surface area contributed by atoms with Crippen molar-refractivity contribution in [3.8, 4) is 0 Å². The fourth-order valence-electron chi connectivity index (χ4n) is 6.89. The van der Waals surface area contributed by atoms with Gasteiger partial charge in [-0.25, -0.2) is 0 Å². The van der Waals surface area contributed by atoms with E-state index in [-0.39, 0.29) is 31.1 Å². The minimum atomic E-state index is -0.779. The number of hydrogen-bond acceptors (Lipinski definition) is 6. The van der Waals surface area contributed by atoms with Crippen molar-refractivity contribution in [2.75, 3.05) is 13.2 Å². The highest BCUT2D eigenvalue weighted by Gasteiger charge is 2.19. The summed E-state index contributed by atoms with van der Waals surface area (Å²) in [6.45, 7) is 6.49. The lowest BCUT2D eigenvalue weighted by molar-refractivity contribution is -0.167. The number of esters is 3. The first-order chi connectivity index (χ1) is 29.5. The third-order valence-electron chi connectivity index (χ3n) is 10.7. The maximum absolute atomic E-state index is 12.7. The molecule has 0 heterocycles. The third kappa shape index (κ3) is 46.2. The SMILES string of the molecule is CCCCC/C=C\C/C=C\C/C=C\CCCCCCCCC(=O)OCC(COC(=O)CCCCCCC)OC(=O)CCCCCCCCC/C=C\C/C=C\CCCCCC. The lowest BCUT2D eigenvalue weighted by Gasteiger charge is -2.18. The van der Waals surface area contributed by atoms with E-state index in [2.05, 4.69) is 81.5 Å². The van der Waals surface area contributed by atoms with E-state index in [1.165, 1.54) is 109 Å². The number of ether oxygens (including phenoxy) is 3. The first kappa shape index (κ1) is 57.1. The molecule has 0 saturated carbocycles. The van der Waals surface area contributed by atoms with Crippen molar-refractivity contribution in [2.45, 2.75) is 252 Å². The molecule has 0 fully saturated rings. The van der Waals surface area contributed by atoms with Crippen LogP contribution in [0, 0.1) is 0 Å². The van der Waals surface area contributed by atoms with Crippen molar-refractivity contribution in [2.24, 2.45) is 0 Å². The number of rotatable bonds is 45. The van der Waals surface area contributed by atoms with Gasteiger partial charge in [0.1, 0.15) is 13.2 Å². The number of unbranched alkanes of at least 4 members (excludes halogenated alkanes) is 24. The van der Waals surface area contributed by atoms with E-state index in [0.29, 0.717) is 19.3 Å². The first-order valence-corrected chi connectivity index (χ1v) is 25.3. The van der Waals surface area contributed by atoms with Crippen LogP contribution >= 0.6 is 0 Å². The molecular weight excluding hydrogens is 745 g/mol. The summed E-state index contributed by atoms with van der Waals surface area (Å²) in [6.07, 6.45) is 59.5. The van der Waals surface area contributed by atoms with Gasteiger partial charge in [0.15, 0.2) is 6.10 Å². The molecule has 0 saturated heterocycles. The van der Waals surface area contributed by atoms with Crippen LogP contribution in [0.2, 0.25) is 0 Å². The lowest BCUT2D eigenvalue weighted by atomic mass is 10.1. The molecule has 346 valence electrons. The van der Waals surface area contributed by atoms with Crippen molar-refractivity contribution >= 4 is 17.9 Å². The van der Waals surface area contributed by atoms with E-state index in [4.69, 9.17) is 14.2 Å². The zero-order chi connectivity index (χ0) is 43.7. The van der Waals surface area contributed by atoms with Gasteiger partial charge in [-0.15, -0.1) is 0 Å². The monoisotopic (exact) mass is 839 g/mol. The van der Waals surface area contributed by atoms with Crippen LogP contribution in [-0.2, 0) is 28.6 Å². The normalized spacial score (nSPS) is 12.5. The number of carbonyl (C=O) groups is 3. The highest BCUT2D eigenvalue weighted by atomic mass is 16.6.